The van der Waals surface area contributed by atoms with Crippen molar-refractivity contribution in [3.05, 3.63) is 49.9 Å². The number of nitrogens with zero attached hydrogens (tertiary/aromatic N) is 2. The second-order valence-corrected chi connectivity index (χ2v) is 6.85. The van der Waals surface area contributed by atoms with Gasteiger partial charge < -0.3 is 5.73 Å². The van der Waals surface area contributed by atoms with Gasteiger partial charge in [-0.2, -0.15) is 0 Å². The van der Waals surface area contributed by atoms with Gasteiger partial charge in [0.2, 0.25) is 0 Å². The number of aryl methyl sites for hydroxylation is 2. The first-order valence-electron chi connectivity index (χ1n) is 6.58. The predicted octanol–water partition coefficient (Wildman–Crippen LogP) is 3.65. The second-order valence-electron chi connectivity index (χ2n) is 5.05. The number of hydrogen-bond acceptors (Lipinski definition) is 4. The van der Waals surface area contributed by atoms with E-state index >= 15 is 0 Å². The molecule has 2 aromatic rings. The van der Waals surface area contributed by atoms with Gasteiger partial charge in [0.1, 0.15) is 0 Å². The molecule has 0 amide bonds. The van der Waals surface area contributed by atoms with Crippen molar-refractivity contribution in [1.82, 2.24) is 9.88 Å². The number of nitrogens with two attached hydrogens (primary N) is 1. The maximum atomic E-state index is 6.00. The summed E-state index contributed by atoms with van der Waals surface area (Å²) in [6.45, 7) is 5.62. The fourth-order valence-corrected chi connectivity index (χ4v) is 3.86. The van der Waals surface area contributed by atoms with E-state index in [0.717, 1.165) is 16.7 Å². The zero-order chi connectivity index (χ0) is 14.7. The molecule has 20 heavy (non-hydrogen) atoms. The molecule has 5 heteroatoms. The van der Waals surface area contributed by atoms with Crippen LogP contribution < -0.4 is 5.73 Å². The van der Waals surface area contributed by atoms with E-state index in [4.69, 9.17) is 5.73 Å². The number of halogens is 1. The first kappa shape index (κ1) is 15.6. The Labute approximate surface area is 133 Å². The Hall–Kier alpha value is -0.750. The molecule has 3 nitrogen and oxygen atoms in total. The van der Waals surface area contributed by atoms with Crippen molar-refractivity contribution in [3.8, 4) is 0 Å². The van der Waals surface area contributed by atoms with E-state index in [0.29, 0.717) is 6.54 Å². The van der Waals surface area contributed by atoms with Gasteiger partial charge in [-0.25, -0.2) is 4.98 Å². The highest BCUT2D eigenvalue weighted by Crippen LogP contribution is 2.29. The predicted molar refractivity (Wildman–Crippen MR) is 89.0 cm³/mol. The van der Waals surface area contributed by atoms with Crippen LogP contribution in [0.15, 0.2) is 28.2 Å². The monoisotopic (exact) mass is 353 g/mol. The van der Waals surface area contributed by atoms with Gasteiger partial charge in [0.05, 0.1) is 11.2 Å². The minimum absolute atomic E-state index is 0.200. The highest BCUT2D eigenvalue weighted by molar-refractivity contribution is 9.10. The minimum Gasteiger partial charge on any atom is -0.329 e. The number of benzene rings is 1. The van der Waals surface area contributed by atoms with Crippen LogP contribution in [-0.2, 0) is 6.54 Å². The van der Waals surface area contributed by atoms with Crippen LogP contribution in [0.4, 0.5) is 0 Å². The summed E-state index contributed by atoms with van der Waals surface area (Å²) in [5, 5.41) is 0. The molecule has 0 aliphatic rings. The largest absolute Gasteiger partial charge is 0.329 e. The topological polar surface area (TPSA) is 42.1 Å². The van der Waals surface area contributed by atoms with Gasteiger partial charge >= 0.3 is 0 Å². The number of rotatable bonds is 5. The van der Waals surface area contributed by atoms with Gasteiger partial charge in [0.25, 0.3) is 0 Å². The van der Waals surface area contributed by atoms with Crippen LogP contribution in [-0.4, -0.2) is 23.5 Å². The van der Waals surface area contributed by atoms with E-state index in [2.05, 4.69) is 64.9 Å². The van der Waals surface area contributed by atoms with E-state index in [1.807, 2.05) is 5.51 Å². The maximum absolute atomic E-state index is 6.00. The highest BCUT2D eigenvalue weighted by atomic mass is 79.9. The van der Waals surface area contributed by atoms with Gasteiger partial charge in [0.15, 0.2) is 0 Å². The summed E-state index contributed by atoms with van der Waals surface area (Å²) in [6.07, 6.45) is 0. The third kappa shape index (κ3) is 3.47. The zero-order valence-corrected chi connectivity index (χ0v) is 14.5. The Bertz CT molecular complexity index is 582. The summed E-state index contributed by atoms with van der Waals surface area (Å²) in [5.41, 5.74) is 11.5. The number of likely N-dealkylation sites (N-methyl/N-ethyl adjacent to an activating group) is 1. The van der Waals surface area contributed by atoms with Crippen LogP contribution in [0.25, 0.3) is 0 Å². The summed E-state index contributed by atoms with van der Waals surface area (Å²) in [7, 11) is 2.11. The van der Waals surface area contributed by atoms with E-state index in [1.54, 1.807) is 11.3 Å². The minimum atomic E-state index is 0.200. The Morgan fingerprint density at radius 1 is 1.40 bits per heavy atom. The summed E-state index contributed by atoms with van der Waals surface area (Å²) in [5.74, 6) is 0. The highest BCUT2D eigenvalue weighted by Gasteiger charge is 2.19. The van der Waals surface area contributed by atoms with Gasteiger partial charge in [-0.1, -0.05) is 28.1 Å². The van der Waals surface area contributed by atoms with Crippen LogP contribution in [0.2, 0.25) is 0 Å². The number of thiazole rings is 1. The van der Waals surface area contributed by atoms with Crippen molar-refractivity contribution < 1.29 is 0 Å². The molecule has 0 saturated heterocycles. The van der Waals surface area contributed by atoms with E-state index in [9.17, 15) is 0 Å². The third-order valence-electron chi connectivity index (χ3n) is 3.51. The van der Waals surface area contributed by atoms with Crippen LogP contribution in [0.1, 0.15) is 27.7 Å². The first-order valence-corrected chi connectivity index (χ1v) is 8.25. The summed E-state index contributed by atoms with van der Waals surface area (Å²) in [4.78, 5) is 7.90. The van der Waals surface area contributed by atoms with Crippen LogP contribution in [0.3, 0.4) is 0 Å². The van der Waals surface area contributed by atoms with Crippen molar-refractivity contribution in [2.24, 2.45) is 5.73 Å². The first-order chi connectivity index (χ1) is 9.52. The lowest BCUT2D eigenvalue weighted by molar-refractivity contribution is 0.242. The normalized spacial score (nSPS) is 12.9. The average molecular weight is 354 g/mol. The molecule has 0 aliphatic carbocycles. The van der Waals surface area contributed by atoms with Gasteiger partial charge in [0, 0.05) is 28.5 Å². The molecule has 0 bridgehead atoms. The van der Waals surface area contributed by atoms with Gasteiger partial charge in [-0.3, -0.25) is 4.90 Å². The average Bonchev–Trinajstić information content (AvgIpc) is 2.78. The lowest BCUT2D eigenvalue weighted by Gasteiger charge is -2.28. The van der Waals surface area contributed by atoms with Gasteiger partial charge in [-0.15, -0.1) is 11.3 Å². The quantitative estimate of drug-likeness (QED) is 0.891. The molecule has 1 aromatic heterocycles. The fourth-order valence-electron chi connectivity index (χ4n) is 2.26. The molecule has 108 valence electrons. The van der Waals surface area contributed by atoms with Crippen molar-refractivity contribution >= 4 is 27.3 Å². The standard InChI is InChI=1S/C15H20BrN3S/c1-10-4-5-12(13(16)6-10)14(7-17)19(3)8-15-11(2)18-9-20-15/h4-6,9,14H,7-8,17H2,1-3H3. The summed E-state index contributed by atoms with van der Waals surface area (Å²) in [6, 6.07) is 6.64. The maximum Gasteiger partial charge on any atom is 0.0798 e. The molecule has 1 heterocycles. The molecule has 2 N–H and O–H groups in total. The van der Waals surface area contributed by atoms with Crippen LogP contribution in [0.5, 0.6) is 0 Å². The van der Waals surface area contributed by atoms with E-state index < -0.39 is 0 Å². The molecule has 0 fully saturated rings. The Morgan fingerprint density at radius 2 is 2.15 bits per heavy atom. The molecular formula is C15H20BrN3S. The summed E-state index contributed by atoms with van der Waals surface area (Å²) >= 11 is 5.36. The molecule has 1 aromatic carbocycles. The Kier molecular flexibility index (Phi) is 5.32. The molecule has 1 atom stereocenters. The van der Waals surface area contributed by atoms with Crippen LogP contribution >= 0.6 is 27.3 Å². The fraction of sp³-hybridized carbons (Fsp3) is 0.400. The van der Waals surface area contributed by atoms with Crippen molar-refractivity contribution in [2.45, 2.75) is 26.4 Å². The Balaban J connectivity index is 2.21. The molecule has 0 aliphatic heterocycles. The van der Waals surface area contributed by atoms with Crippen molar-refractivity contribution in [3.63, 3.8) is 0 Å². The smallest absolute Gasteiger partial charge is 0.0798 e. The molecular weight excluding hydrogens is 334 g/mol. The van der Waals surface area contributed by atoms with Crippen LogP contribution in [0, 0.1) is 13.8 Å². The van der Waals surface area contributed by atoms with Crippen molar-refractivity contribution in [2.75, 3.05) is 13.6 Å². The van der Waals surface area contributed by atoms with E-state index in [-0.39, 0.29) is 6.04 Å². The second kappa shape index (κ2) is 6.80. The number of aromatic nitrogens is 1. The molecule has 1 unspecified atom stereocenters. The lowest BCUT2D eigenvalue weighted by Crippen LogP contribution is -2.30. The Morgan fingerprint density at radius 3 is 2.70 bits per heavy atom. The zero-order valence-electron chi connectivity index (χ0n) is 12.1. The number of hydrogen-bond donors (Lipinski definition) is 1. The van der Waals surface area contributed by atoms with E-state index in [1.165, 1.54) is 16.0 Å². The molecule has 0 saturated carbocycles. The molecule has 0 spiro atoms. The summed E-state index contributed by atoms with van der Waals surface area (Å²) < 4.78 is 1.13. The molecule has 0 radical (unpaired) electrons. The van der Waals surface area contributed by atoms with Gasteiger partial charge in [-0.05, 0) is 38.1 Å². The third-order valence-corrected chi connectivity index (χ3v) is 5.11. The SMILES string of the molecule is Cc1ccc(C(CN)N(C)Cc2scnc2C)c(Br)c1. The van der Waals surface area contributed by atoms with Crippen molar-refractivity contribution in [1.29, 1.82) is 0 Å². The lowest BCUT2D eigenvalue weighted by atomic mass is 10.0. The molecule has 2 rings (SSSR count).